The van der Waals surface area contributed by atoms with Gasteiger partial charge in [-0.25, -0.2) is 0 Å². The van der Waals surface area contributed by atoms with Crippen molar-refractivity contribution in [1.82, 2.24) is 20.1 Å². The van der Waals surface area contributed by atoms with Crippen molar-refractivity contribution in [3.63, 3.8) is 0 Å². The molecule has 0 radical (unpaired) electrons. The minimum atomic E-state index is -0.254. The van der Waals surface area contributed by atoms with Crippen LogP contribution >= 0.6 is 12.2 Å². The van der Waals surface area contributed by atoms with Crippen LogP contribution in [0.3, 0.4) is 0 Å². The van der Waals surface area contributed by atoms with Crippen LogP contribution in [0.4, 0.5) is 0 Å². The number of pyridine rings is 1. The van der Waals surface area contributed by atoms with Crippen LogP contribution in [0.2, 0.25) is 0 Å². The van der Waals surface area contributed by atoms with Crippen LogP contribution in [0.25, 0.3) is 0 Å². The minimum absolute atomic E-state index is 0.254. The summed E-state index contributed by atoms with van der Waals surface area (Å²) >= 11 is 4.82. The van der Waals surface area contributed by atoms with Gasteiger partial charge in [-0.15, -0.1) is 0 Å². The number of aromatic nitrogens is 3. The summed E-state index contributed by atoms with van der Waals surface area (Å²) in [6, 6.07) is 5.10. The Morgan fingerprint density at radius 1 is 1.47 bits per heavy atom. The van der Waals surface area contributed by atoms with Gasteiger partial charge in [0, 0.05) is 25.0 Å². The lowest BCUT2D eigenvalue weighted by Crippen LogP contribution is -2.25. The lowest BCUT2D eigenvalue weighted by Gasteiger charge is -2.05. The summed E-state index contributed by atoms with van der Waals surface area (Å²) in [4.78, 5) is 16.1. The summed E-state index contributed by atoms with van der Waals surface area (Å²) in [7, 11) is 1.82. The predicted octanol–water partition coefficient (Wildman–Crippen LogP) is 0.379. The molecule has 0 bridgehead atoms. The first-order valence-electron chi connectivity index (χ1n) is 5.59. The Kier molecular flexibility index (Phi) is 3.86. The third-order valence-corrected chi connectivity index (χ3v) is 2.87. The van der Waals surface area contributed by atoms with E-state index < -0.39 is 0 Å². The van der Waals surface area contributed by atoms with Gasteiger partial charge in [-0.3, -0.25) is 14.5 Å². The first kappa shape index (κ1) is 13.2. The highest BCUT2D eigenvalue weighted by molar-refractivity contribution is 7.80. The summed E-state index contributed by atoms with van der Waals surface area (Å²) in [5.74, 6) is -0.254. The maximum atomic E-state index is 11.9. The fourth-order valence-electron chi connectivity index (χ4n) is 1.51. The SMILES string of the molecule is Cn1nccc1CNC(=O)c1ccc(C(N)=S)cn1. The molecule has 0 aliphatic rings. The molecule has 0 spiro atoms. The number of thiocarbonyl (C=S) groups is 1. The van der Waals surface area contributed by atoms with E-state index in [9.17, 15) is 4.79 Å². The number of aryl methyl sites for hydroxylation is 1. The molecule has 7 heteroatoms. The number of amides is 1. The number of hydrogen-bond acceptors (Lipinski definition) is 4. The highest BCUT2D eigenvalue weighted by Crippen LogP contribution is 2.01. The Balaban J connectivity index is 2.00. The lowest BCUT2D eigenvalue weighted by atomic mass is 10.2. The minimum Gasteiger partial charge on any atom is -0.389 e. The van der Waals surface area contributed by atoms with Crippen molar-refractivity contribution in [2.75, 3.05) is 0 Å². The van der Waals surface area contributed by atoms with Crippen molar-refractivity contribution in [3.05, 3.63) is 47.5 Å². The highest BCUT2D eigenvalue weighted by atomic mass is 32.1. The van der Waals surface area contributed by atoms with Gasteiger partial charge in [0.05, 0.1) is 12.2 Å². The van der Waals surface area contributed by atoms with Crippen molar-refractivity contribution < 1.29 is 4.79 Å². The van der Waals surface area contributed by atoms with Gasteiger partial charge in [0.15, 0.2) is 0 Å². The van der Waals surface area contributed by atoms with Crippen molar-refractivity contribution in [2.45, 2.75) is 6.54 Å². The first-order valence-corrected chi connectivity index (χ1v) is 5.99. The number of nitrogens with one attached hydrogen (secondary N) is 1. The molecule has 0 saturated carbocycles. The third kappa shape index (κ3) is 3.14. The molecule has 19 heavy (non-hydrogen) atoms. The van der Waals surface area contributed by atoms with E-state index in [1.54, 1.807) is 23.0 Å². The van der Waals surface area contributed by atoms with Crippen LogP contribution in [0.15, 0.2) is 30.6 Å². The molecule has 2 rings (SSSR count). The maximum Gasteiger partial charge on any atom is 0.270 e. The van der Waals surface area contributed by atoms with Crippen LogP contribution in [-0.4, -0.2) is 25.7 Å². The van der Waals surface area contributed by atoms with Gasteiger partial charge in [-0.05, 0) is 18.2 Å². The Labute approximate surface area is 115 Å². The van der Waals surface area contributed by atoms with Gasteiger partial charge in [0.1, 0.15) is 10.7 Å². The average molecular weight is 275 g/mol. The second-order valence-electron chi connectivity index (χ2n) is 3.93. The molecule has 1 amide bonds. The number of rotatable bonds is 4. The second-order valence-corrected chi connectivity index (χ2v) is 4.37. The summed E-state index contributed by atoms with van der Waals surface area (Å²) in [6.07, 6.45) is 3.16. The van der Waals surface area contributed by atoms with Crippen molar-refractivity contribution >= 4 is 23.1 Å². The van der Waals surface area contributed by atoms with Crippen LogP contribution in [0.1, 0.15) is 21.7 Å². The first-order chi connectivity index (χ1) is 9.08. The quantitative estimate of drug-likeness (QED) is 0.788. The van der Waals surface area contributed by atoms with Gasteiger partial charge >= 0.3 is 0 Å². The smallest absolute Gasteiger partial charge is 0.270 e. The van der Waals surface area contributed by atoms with E-state index in [4.69, 9.17) is 18.0 Å². The van der Waals surface area contributed by atoms with Crippen LogP contribution in [-0.2, 0) is 13.6 Å². The van der Waals surface area contributed by atoms with Crippen molar-refractivity contribution in [1.29, 1.82) is 0 Å². The topological polar surface area (TPSA) is 85.8 Å². The Bertz CT molecular complexity index is 605. The molecule has 0 unspecified atom stereocenters. The molecule has 2 heterocycles. The van der Waals surface area contributed by atoms with E-state index in [1.807, 2.05) is 13.1 Å². The molecule has 2 aromatic heterocycles. The molecular weight excluding hydrogens is 262 g/mol. The van der Waals surface area contributed by atoms with E-state index in [1.165, 1.54) is 6.20 Å². The zero-order chi connectivity index (χ0) is 13.8. The summed E-state index contributed by atoms with van der Waals surface area (Å²) in [5, 5.41) is 6.78. The molecule has 0 aliphatic carbocycles. The Hall–Kier alpha value is -2.28. The molecule has 0 fully saturated rings. The van der Waals surface area contributed by atoms with E-state index in [0.29, 0.717) is 17.8 Å². The third-order valence-electron chi connectivity index (χ3n) is 2.63. The molecular formula is C12H13N5OS. The molecule has 0 aliphatic heterocycles. The van der Waals surface area contributed by atoms with E-state index >= 15 is 0 Å². The van der Waals surface area contributed by atoms with Crippen LogP contribution in [0, 0.1) is 0 Å². The van der Waals surface area contributed by atoms with Crippen molar-refractivity contribution in [2.24, 2.45) is 12.8 Å². The number of nitrogens with zero attached hydrogens (tertiary/aromatic N) is 3. The number of carbonyl (C=O) groups excluding carboxylic acids is 1. The molecule has 2 aromatic rings. The summed E-state index contributed by atoms with van der Waals surface area (Å²) in [5.41, 5.74) is 7.33. The van der Waals surface area contributed by atoms with E-state index in [2.05, 4.69) is 15.4 Å². The highest BCUT2D eigenvalue weighted by Gasteiger charge is 2.08. The van der Waals surface area contributed by atoms with Crippen LogP contribution in [0.5, 0.6) is 0 Å². The molecule has 0 atom stereocenters. The zero-order valence-corrected chi connectivity index (χ0v) is 11.1. The number of hydrogen-bond donors (Lipinski definition) is 2. The lowest BCUT2D eigenvalue weighted by molar-refractivity contribution is 0.0945. The summed E-state index contributed by atoms with van der Waals surface area (Å²) < 4.78 is 1.70. The van der Waals surface area contributed by atoms with Gasteiger partial charge in [0.2, 0.25) is 0 Å². The largest absolute Gasteiger partial charge is 0.389 e. The van der Waals surface area contributed by atoms with Crippen LogP contribution < -0.4 is 11.1 Å². The van der Waals surface area contributed by atoms with Gasteiger partial charge in [-0.1, -0.05) is 12.2 Å². The monoisotopic (exact) mass is 275 g/mol. The van der Waals surface area contributed by atoms with Gasteiger partial charge in [0.25, 0.3) is 5.91 Å². The Morgan fingerprint density at radius 2 is 2.26 bits per heavy atom. The zero-order valence-electron chi connectivity index (χ0n) is 10.3. The molecule has 98 valence electrons. The fraction of sp³-hybridized carbons (Fsp3) is 0.167. The average Bonchev–Trinajstić information content (AvgIpc) is 2.81. The molecule has 0 saturated heterocycles. The standard InChI is InChI=1S/C12H13N5OS/c1-17-9(4-5-16-17)7-15-12(18)10-3-2-8(6-14-10)11(13)19/h2-6H,7H2,1H3,(H2,13,19)(H,15,18). The molecule has 0 aromatic carbocycles. The Morgan fingerprint density at radius 3 is 2.79 bits per heavy atom. The molecule has 3 N–H and O–H groups in total. The maximum absolute atomic E-state index is 11.9. The normalized spacial score (nSPS) is 10.2. The van der Waals surface area contributed by atoms with Crippen molar-refractivity contribution in [3.8, 4) is 0 Å². The second kappa shape index (κ2) is 5.57. The van der Waals surface area contributed by atoms with Gasteiger partial charge < -0.3 is 11.1 Å². The number of carbonyl (C=O) groups is 1. The molecule has 6 nitrogen and oxygen atoms in total. The summed E-state index contributed by atoms with van der Waals surface area (Å²) in [6.45, 7) is 0.397. The van der Waals surface area contributed by atoms with E-state index in [0.717, 1.165) is 5.69 Å². The van der Waals surface area contributed by atoms with E-state index in [-0.39, 0.29) is 10.9 Å². The predicted molar refractivity (Wildman–Crippen MR) is 74.5 cm³/mol. The number of nitrogens with two attached hydrogens (primary N) is 1. The van der Waals surface area contributed by atoms with Gasteiger partial charge in [-0.2, -0.15) is 5.10 Å². The fourth-order valence-corrected chi connectivity index (χ4v) is 1.63.